The lowest BCUT2D eigenvalue weighted by atomic mass is 10.1. The van der Waals surface area contributed by atoms with Crippen molar-refractivity contribution in [2.24, 2.45) is 0 Å². The molecule has 1 aliphatic heterocycles. The zero-order valence-electron chi connectivity index (χ0n) is 15.5. The Morgan fingerprint density at radius 1 is 1.07 bits per heavy atom. The Labute approximate surface area is 167 Å². The molecule has 6 nitrogen and oxygen atoms in total. The van der Waals surface area contributed by atoms with Crippen LogP contribution in [0, 0.1) is 5.82 Å². The van der Waals surface area contributed by atoms with Crippen molar-refractivity contribution in [3.8, 4) is 11.3 Å². The summed E-state index contributed by atoms with van der Waals surface area (Å²) in [5, 5.41) is 2.88. The number of sulfone groups is 1. The van der Waals surface area contributed by atoms with Crippen molar-refractivity contribution in [2.75, 3.05) is 18.8 Å². The van der Waals surface area contributed by atoms with E-state index in [0.717, 1.165) is 5.56 Å². The van der Waals surface area contributed by atoms with Gasteiger partial charge in [-0.05, 0) is 12.5 Å². The normalized spacial score (nSPS) is 18.9. The topological polar surface area (TPSA) is 80.5 Å². The van der Waals surface area contributed by atoms with Crippen molar-refractivity contribution in [1.29, 1.82) is 0 Å². The lowest BCUT2D eigenvalue weighted by Gasteiger charge is -2.18. The molecule has 8 heteroatoms. The first-order chi connectivity index (χ1) is 14.0. The molecule has 1 saturated heterocycles. The lowest BCUT2D eigenvalue weighted by molar-refractivity contribution is 0.0756. The van der Waals surface area contributed by atoms with Gasteiger partial charge in [0.05, 0.1) is 11.0 Å². The van der Waals surface area contributed by atoms with Gasteiger partial charge in [-0.25, -0.2) is 12.8 Å². The molecule has 0 saturated carbocycles. The third kappa shape index (κ3) is 3.93. The molecular formula is C21H19FN2O4S. The summed E-state index contributed by atoms with van der Waals surface area (Å²) in [5.41, 5.74) is 1.05. The van der Waals surface area contributed by atoms with Crippen LogP contribution in [-0.2, 0) is 9.84 Å². The van der Waals surface area contributed by atoms with Crippen LogP contribution < -0.4 is 0 Å². The van der Waals surface area contributed by atoms with E-state index < -0.39 is 26.8 Å². The highest BCUT2D eigenvalue weighted by Crippen LogP contribution is 2.31. The van der Waals surface area contributed by atoms with Crippen molar-refractivity contribution < 1.29 is 22.1 Å². The second-order valence-corrected chi connectivity index (χ2v) is 9.20. The Bertz CT molecular complexity index is 1130. The number of carbonyl (C=O) groups excluding carboxylic acids is 1. The molecule has 0 radical (unpaired) electrons. The molecule has 1 aliphatic rings. The van der Waals surface area contributed by atoms with Crippen LogP contribution in [0.15, 0.2) is 65.2 Å². The minimum atomic E-state index is -3.60. The van der Waals surface area contributed by atoms with Crippen LogP contribution in [0.3, 0.4) is 0 Å². The van der Waals surface area contributed by atoms with Crippen LogP contribution in [0.5, 0.6) is 0 Å². The highest BCUT2D eigenvalue weighted by atomic mass is 32.2. The third-order valence-electron chi connectivity index (χ3n) is 5.07. The fourth-order valence-corrected chi connectivity index (χ4v) is 5.31. The number of benzene rings is 2. The van der Waals surface area contributed by atoms with Crippen LogP contribution in [0.1, 0.15) is 27.7 Å². The third-order valence-corrected chi connectivity index (χ3v) is 7.18. The van der Waals surface area contributed by atoms with Gasteiger partial charge >= 0.3 is 0 Å². The summed E-state index contributed by atoms with van der Waals surface area (Å²) in [6.07, 6.45) is 0.123. The fraction of sp³-hybridized carbons (Fsp3) is 0.238. The lowest BCUT2D eigenvalue weighted by Crippen LogP contribution is -2.33. The molecule has 2 aromatic carbocycles. The van der Waals surface area contributed by atoms with Crippen LogP contribution in [0.2, 0.25) is 0 Å². The van der Waals surface area contributed by atoms with E-state index in [9.17, 15) is 17.6 Å². The molecule has 3 aromatic rings. The van der Waals surface area contributed by atoms with E-state index in [0.29, 0.717) is 5.76 Å². The average molecular weight is 414 g/mol. The summed E-state index contributed by atoms with van der Waals surface area (Å²) < 4.78 is 44.9. The Balaban J connectivity index is 1.55. The molecule has 29 heavy (non-hydrogen) atoms. The van der Waals surface area contributed by atoms with Crippen LogP contribution >= 0.6 is 0 Å². The van der Waals surface area contributed by atoms with Gasteiger partial charge in [-0.1, -0.05) is 53.7 Å². The molecule has 1 atom stereocenters. The molecule has 0 spiro atoms. The zero-order valence-corrected chi connectivity index (χ0v) is 16.3. The number of carbonyl (C=O) groups is 1. The van der Waals surface area contributed by atoms with Crippen molar-refractivity contribution >= 4 is 15.7 Å². The van der Waals surface area contributed by atoms with Gasteiger partial charge in [0.15, 0.2) is 21.3 Å². The number of rotatable bonds is 3. The van der Waals surface area contributed by atoms with Crippen molar-refractivity contribution in [3.63, 3.8) is 0 Å². The Kier molecular flexibility index (Phi) is 5.19. The molecule has 0 bridgehead atoms. The second kappa shape index (κ2) is 7.79. The van der Waals surface area contributed by atoms with Gasteiger partial charge < -0.3 is 9.42 Å². The minimum Gasteiger partial charge on any atom is -0.355 e. The summed E-state index contributed by atoms with van der Waals surface area (Å²) in [5.74, 6) is -0.730. The van der Waals surface area contributed by atoms with Crippen LogP contribution in [0.4, 0.5) is 4.39 Å². The Morgan fingerprint density at radius 3 is 2.55 bits per heavy atom. The molecular weight excluding hydrogens is 395 g/mol. The molecule has 1 amide bonds. The average Bonchev–Trinajstić information content (AvgIpc) is 3.16. The predicted octanol–water partition coefficient (Wildman–Crippen LogP) is 3.48. The number of hydrogen-bond donors (Lipinski definition) is 0. The summed E-state index contributed by atoms with van der Waals surface area (Å²) in [6, 6.07) is 16.7. The molecule has 150 valence electrons. The number of aromatic nitrogens is 1. The highest BCUT2D eigenvalue weighted by Gasteiger charge is 2.34. The van der Waals surface area contributed by atoms with E-state index in [1.807, 2.05) is 30.3 Å². The minimum absolute atomic E-state index is 0.0274. The maximum Gasteiger partial charge on any atom is 0.276 e. The summed E-state index contributed by atoms with van der Waals surface area (Å²) in [7, 11) is -3.60. The fourth-order valence-electron chi connectivity index (χ4n) is 3.51. The molecule has 4 rings (SSSR count). The molecule has 0 unspecified atom stereocenters. The first-order valence-electron chi connectivity index (χ1n) is 9.23. The van der Waals surface area contributed by atoms with E-state index in [-0.39, 0.29) is 36.5 Å². The smallest absolute Gasteiger partial charge is 0.276 e. The summed E-state index contributed by atoms with van der Waals surface area (Å²) >= 11 is 0. The van der Waals surface area contributed by atoms with Gasteiger partial charge in [0.2, 0.25) is 0 Å². The number of nitrogens with zero attached hydrogens (tertiary/aromatic N) is 2. The van der Waals surface area contributed by atoms with Gasteiger partial charge in [0, 0.05) is 30.3 Å². The Morgan fingerprint density at radius 2 is 1.79 bits per heavy atom. The second-order valence-electron chi connectivity index (χ2n) is 6.90. The summed E-state index contributed by atoms with van der Waals surface area (Å²) in [4.78, 5) is 14.3. The van der Waals surface area contributed by atoms with Crippen molar-refractivity contribution in [3.05, 3.63) is 77.7 Å². The number of amides is 1. The van der Waals surface area contributed by atoms with E-state index in [4.69, 9.17) is 4.52 Å². The van der Waals surface area contributed by atoms with E-state index in [1.54, 1.807) is 12.1 Å². The molecule has 2 heterocycles. The largest absolute Gasteiger partial charge is 0.355 e. The standard InChI is InChI=1S/C21H19FN2O4S/c22-17-9-5-4-8-16(17)20-10-11-24(12-13-29(20,26)27)21(25)18-14-19(28-23-18)15-6-2-1-3-7-15/h1-9,14,20H,10-13H2/t20-/m0/s1. The van der Waals surface area contributed by atoms with Crippen molar-refractivity contribution in [2.45, 2.75) is 11.7 Å². The molecule has 0 N–H and O–H groups in total. The molecule has 1 aromatic heterocycles. The van der Waals surface area contributed by atoms with Gasteiger partial charge in [-0.2, -0.15) is 0 Å². The number of halogens is 1. The maximum atomic E-state index is 14.2. The SMILES string of the molecule is O=C(c1cc(-c2ccccc2)on1)N1CC[C@@H](c2ccccc2F)S(=O)(=O)CC1. The number of hydrogen-bond acceptors (Lipinski definition) is 5. The van der Waals surface area contributed by atoms with Crippen molar-refractivity contribution in [1.82, 2.24) is 10.1 Å². The van der Waals surface area contributed by atoms with Crippen LogP contribution in [-0.4, -0.2) is 43.2 Å². The van der Waals surface area contributed by atoms with E-state index in [1.165, 1.54) is 23.1 Å². The maximum absolute atomic E-state index is 14.2. The van der Waals surface area contributed by atoms with Gasteiger partial charge in [0.1, 0.15) is 5.82 Å². The van der Waals surface area contributed by atoms with Gasteiger partial charge in [-0.15, -0.1) is 0 Å². The molecule has 1 fully saturated rings. The van der Waals surface area contributed by atoms with Gasteiger partial charge in [-0.3, -0.25) is 4.79 Å². The summed E-state index contributed by atoms with van der Waals surface area (Å²) in [6.45, 7) is 0.213. The zero-order chi connectivity index (χ0) is 20.4. The Hall–Kier alpha value is -3.00. The first kappa shape index (κ1) is 19.3. The van der Waals surface area contributed by atoms with E-state index >= 15 is 0 Å². The first-order valence-corrected chi connectivity index (χ1v) is 10.9. The van der Waals surface area contributed by atoms with E-state index in [2.05, 4.69) is 5.16 Å². The van der Waals surface area contributed by atoms with Crippen LogP contribution in [0.25, 0.3) is 11.3 Å². The van der Waals surface area contributed by atoms with Gasteiger partial charge in [0.25, 0.3) is 5.91 Å². The monoisotopic (exact) mass is 414 g/mol. The highest BCUT2D eigenvalue weighted by molar-refractivity contribution is 7.91. The predicted molar refractivity (Wildman–Crippen MR) is 105 cm³/mol. The molecule has 0 aliphatic carbocycles. The quantitative estimate of drug-likeness (QED) is 0.656.